The molecule has 25 heavy (non-hydrogen) atoms. The first kappa shape index (κ1) is 19.1. The van der Waals surface area contributed by atoms with Gasteiger partial charge in [-0.2, -0.15) is 13.2 Å². The molecule has 10 heteroatoms. The number of hydrogen-bond acceptors (Lipinski definition) is 4. The van der Waals surface area contributed by atoms with Gasteiger partial charge in [-0.15, -0.1) is 11.8 Å². The van der Waals surface area contributed by atoms with Crippen LogP contribution in [0.15, 0.2) is 47.4 Å². The predicted octanol–water partition coefficient (Wildman–Crippen LogP) is 5.00. The highest BCUT2D eigenvalue weighted by atomic mass is 35.5. The standard InChI is InChI=1S/C15H10ClF3N2O3S/c16-12-6-1-9(15(17,18)19)7-13(12)20-14(22)8-25-11-4-2-10(3-5-11)21(23)24/h1-7H,8H2,(H,20,22). The van der Waals surface area contributed by atoms with Crippen LogP contribution in [0.2, 0.25) is 5.02 Å². The molecule has 0 aliphatic heterocycles. The Kier molecular flexibility index (Phi) is 5.91. The maximum atomic E-state index is 12.7. The Bertz CT molecular complexity index is 798. The lowest BCUT2D eigenvalue weighted by atomic mass is 10.2. The van der Waals surface area contributed by atoms with Crippen molar-refractivity contribution in [2.75, 3.05) is 11.1 Å². The Morgan fingerprint density at radius 1 is 1.20 bits per heavy atom. The van der Waals surface area contributed by atoms with Crippen molar-refractivity contribution in [1.29, 1.82) is 0 Å². The minimum Gasteiger partial charge on any atom is -0.324 e. The van der Waals surface area contributed by atoms with Gasteiger partial charge in [0, 0.05) is 17.0 Å². The SMILES string of the molecule is O=C(CSc1ccc([N+](=O)[O-])cc1)Nc1cc(C(F)(F)F)ccc1Cl. The Labute approximate surface area is 149 Å². The molecule has 0 fully saturated rings. The topological polar surface area (TPSA) is 72.2 Å². The molecule has 2 aromatic rings. The first-order valence-corrected chi connectivity index (χ1v) is 8.07. The van der Waals surface area contributed by atoms with E-state index in [2.05, 4.69) is 5.32 Å². The first-order chi connectivity index (χ1) is 11.7. The third-order valence-corrected chi connectivity index (χ3v) is 4.33. The molecule has 0 saturated carbocycles. The van der Waals surface area contributed by atoms with Gasteiger partial charge in [0.2, 0.25) is 5.91 Å². The summed E-state index contributed by atoms with van der Waals surface area (Å²) in [6.07, 6.45) is -4.54. The zero-order valence-electron chi connectivity index (χ0n) is 12.3. The molecule has 0 saturated heterocycles. The zero-order chi connectivity index (χ0) is 18.6. The van der Waals surface area contributed by atoms with E-state index < -0.39 is 22.6 Å². The summed E-state index contributed by atoms with van der Waals surface area (Å²) in [5.41, 5.74) is -1.13. The molecule has 0 radical (unpaired) electrons. The molecule has 0 aromatic heterocycles. The minimum atomic E-state index is -4.54. The van der Waals surface area contributed by atoms with E-state index in [1.54, 1.807) is 0 Å². The Hall–Kier alpha value is -2.26. The summed E-state index contributed by atoms with van der Waals surface area (Å²) in [4.78, 5) is 22.5. The van der Waals surface area contributed by atoms with Gasteiger partial charge in [0.1, 0.15) is 0 Å². The van der Waals surface area contributed by atoms with Gasteiger partial charge in [-0.1, -0.05) is 11.6 Å². The van der Waals surface area contributed by atoms with Crippen LogP contribution >= 0.6 is 23.4 Å². The first-order valence-electron chi connectivity index (χ1n) is 6.70. The van der Waals surface area contributed by atoms with E-state index in [9.17, 15) is 28.1 Å². The lowest BCUT2D eigenvalue weighted by Crippen LogP contribution is -2.15. The summed E-state index contributed by atoms with van der Waals surface area (Å²) < 4.78 is 38.1. The summed E-state index contributed by atoms with van der Waals surface area (Å²) in [7, 11) is 0. The normalized spacial score (nSPS) is 11.2. The monoisotopic (exact) mass is 390 g/mol. The number of amides is 1. The third-order valence-electron chi connectivity index (χ3n) is 2.99. The van der Waals surface area contributed by atoms with Crippen LogP contribution in [0.3, 0.4) is 0 Å². The van der Waals surface area contributed by atoms with Gasteiger partial charge < -0.3 is 5.32 Å². The van der Waals surface area contributed by atoms with Crippen LogP contribution in [0.1, 0.15) is 5.56 Å². The molecule has 1 amide bonds. The highest BCUT2D eigenvalue weighted by Crippen LogP contribution is 2.34. The number of nitro groups is 1. The minimum absolute atomic E-state index is 0.0123. The highest BCUT2D eigenvalue weighted by molar-refractivity contribution is 8.00. The molecular formula is C15H10ClF3N2O3S. The molecule has 132 valence electrons. The van der Waals surface area contributed by atoms with Crippen LogP contribution in [0.4, 0.5) is 24.5 Å². The van der Waals surface area contributed by atoms with Crippen molar-refractivity contribution in [1.82, 2.24) is 0 Å². The third kappa shape index (κ3) is 5.36. The lowest BCUT2D eigenvalue weighted by Gasteiger charge is -2.11. The quantitative estimate of drug-likeness (QED) is 0.443. The number of carbonyl (C=O) groups is 1. The van der Waals surface area contributed by atoms with Crippen molar-refractivity contribution in [2.24, 2.45) is 0 Å². The summed E-state index contributed by atoms with van der Waals surface area (Å²) >= 11 is 6.89. The molecule has 1 N–H and O–H groups in total. The van der Waals surface area contributed by atoms with E-state index in [1.807, 2.05) is 0 Å². The van der Waals surface area contributed by atoms with Crippen molar-refractivity contribution >= 4 is 40.6 Å². The second kappa shape index (κ2) is 7.75. The fourth-order valence-electron chi connectivity index (χ4n) is 1.80. The second-order valence-electron chi connectivity index (χ2n) is 4.78. The maximum Gasteiger partial charge on any atom is 0.416 e. The predicted molar refractivity (Wildman–Crippen MR) is 88.9 cm³/mol. The Morgan fingerprint density at radius 2 is 1.84 bits per heavy atom. The van der Waals surface area contributed by atoms with E-state index in [0.717, 1.165) is 30.0 Å². The van der Waals surface area contributed by atoms with E-state index >= 15 is 0 Å². The summed E-state index contributed by atoms with van der Waals surface area (Å²) in [5.74, 6) is -0.644. The molecule has 2 rings (SSSR count). The number of nitrogens with zero attached hydrogens (tertiary/aromatic N) is 1. The number of rotatable bonds is 5. The molecule has 0 spiro atoms. The van der Waals surface area contributed by atoms with Crippen molar-refractivity contribution in [3.8, 4) is 0 Å². The van der Waals surface area contributed by atoms with Crippen molar-refractivity contribution in [3.05, 3.63) is 63.2 Å². The second-order valence-corrected chi connectivity index (χ2v) is 6.24. The number of benzene rings is 2. The van der Waals surface area contributed by atoms with Crippen molar-refractivity contribution in [3.63, 3.8) is 0 Å². The number of alkyl halides is 3. The van der Waals surface area contributed by atoms with Crippen LogP contribution in [0, 0.1) is 10.1 Å². The summed E-state index contributed by atoms with van der Waals surface area (Å²) in [5, 5.41) is 12.9. The molecule has 0 aliphatic carbocycles. The van der Waals surface area contributed by atoms with Gasteiger partial charge >= 0.3 is 6.18 Å². The van der Waals surface area contributed by atoms with E-state index in [4.69, 9.17) is 11.6 Å². The largest absolute Gasteiger partial charge is 0.416 e. The summed E-state index contributed by atoms with van der Waals surface area (Å²) in [6.45, 7) is 0. The van der Waals surface area contributed by atoms with Gasteiger partial charge in [0.25, 0.3) is 5.69 Å². The van der Waals surface area contributed by atoms with Gasteiger partial charge in [-0.05, 0) is 30.3 Å². The van der Waals surface area contributed by atoms with Crippen LogP contribution in [-0.2, 0) is 11.0 Å². The van der Waals surface area contributed by atoms with Crippen molar-refractivity contribution in [2.45, 2.75) is 11.1 Å². The number of hydrogen-bond donors (Lipinski definition) is 1. The van der Waals surface area contributed by atoms with Gasteiger partial charge in [0.15, 0.2) is 0 Å². The lowest BCUT2D eigenvalue weighted by molar-refractivity contribution is -0.384. The van der Waals surface area contributed by atoms with Crippen LogP contribution < -0.4 is 5.32 Å². The number of nitrogens with one attached hydrogen (secondary N) is 1. The molecule has 0 heterocycles. The number of thioether (sulfide) groups is 1. The fourth-order valence-corrected chi connectivity index (χ4v) is 2.66. The molecule has 0 bridgehead atoms. The smallest absolute Gasteiger partial charge is 0.324 e. The molecule has 0 unspecified atom stereocenters. The average molecular weight is 391 g/mol. The molecular weight excluding hydrogens is 381 g/mol. The number of anilines is 1. The highest BCUT2D eigenvalue weighted by Gasteiger charge is 2.31. The van der Waals surface area contributed by atoms with E-state index in [1.165, 1.54) is 24.3 Å². The van der Waals surface area contributed by atoms with Gasteiger partial charge in [0.05, 0.1) is 26.9 Å². The summed E-state index contributed by atoms with van der Waals surface area (Å²) in [6, 6.07) is 8.19. The average Bonchev–Trinajstić information content (AvgIpc) is 2.54. The zero-order valence-corrected chi connectivity index (χ0v) is 13.9. The number of halogens is 4. The molecule has 2 aromatic carbocycles. The maximum absolute atomic E-state index is 12.7. The number of nitro benzene ring substituents is 1. The molecule has 0 atom stereocenters. The van der Waals surface area contributed by atoms with E-state index in [0.29, 0.717) is 4.90 Å². The fraction of sp³-hybridized carbons (Fsp3) is 0.133. The Morgan fingerprint density at radius 3 is 2.40 bits per heavy atom. The number of non-ortho nitro benzene ring substituents is 1. The van der Waals surface area contributed by atoms with Crippen LogP contribution in [0.25, 0.3) is 0 Å². The number of carbonyl (C=O) groups excluding carboxylic acids is 1. The molecule has 5 nitrogen and oxygen atoms in total. The van der Waals surface area contributed by atoms with Gasteiger partial charge in [-0.3, -0.25) is 14.9 Å². The van der Waals surface area contributed by atoms with Crippen molar-refractivity contribution < 1.29 is 22.9 Å². The van der Waals surface area contributed by atoms with E-state index in [-0.39, 0.29) is 22.2 Å². The van der Waals surface area contributed by atoms with Crippen LogP contribution in [-0.4, -0.2) is 16.6 Å². The Balaban J connectivity index is 1.99. The van der Waals surface area contributed by atoms with Gasteiger partial charge in [-0.25, -0.2) is 0 Å². The molecule has 0 aliphatic rings. The van der Waals surface area contributed by atoms with Crippen LogP contribution in [0.5, 0.6) is 0 Å².